The molecule has 0 N–H and O–H groups in total. The predicted octanol–water partition coefficient (Wildman–Crippen LogP) is 3.35. The maximum Gasteiger partial charge on any atom is 0.389 e. The highest BCUT2D eigenvalue weighted by Gasteiger charge is 2.48. The van der Waals surface area contributed by atoms with Crippen molar-refractivity contribution in [3.8, 4) is 11.5 Å². The molecule has 1 aliphatic carbocycles. The molecule has 2 aromatic carbocycles. The lowest BCUT2D eigenvalue weighted by molar-refractivity contribution is -0.161. The number of carbonyl (C=O) groups is 2. The molecule has 2 aliphatic rings. The number of hydrogen-bond donors (Lipinski definition) is 0. The predicted molar refractivity (Wildman–Crippen MR) is 94.7 cm³/mol. The van der Waals surface area contributed by atoms with E-state index < -0.39 is 17.7 Å². The first-order valence-corrected chi connectivity index (χ1v) is 8.72. The summed E-state index contributed by atoms with van der Waals surface area (Å²) in [5.41, 5.74) is 2.62. The van der Waals surface area contributed by atoms with E-state index in [2.05, 4.69) is 0 Å². The molecule has 0 fully saturated rings. The average molecular weight is 352 g/mol. The molecule has 2 unspecified atom stereocenters. The Bertz CT molecular complexity index is 902. The van der Waals surface area contributed by atoms with Gasteiger partial charge < -0.3 is 14.2 Å². The van der Waals surface area contributed by atoms with Gasteiger partial charge in [-0.05, 0) is 44.4 Å². The summed E-state index contributed by atoms with van der Waals surface area (Å²) in [5.74, 6) is 0.480. The molecule has 0 amide bonds. The molecule has 0 saturated carbocycles. The smallest absolute Gasteiger partial charge is 0.389 e. The Morgan fingerprint density at radius 1 is 1.27 bits per heavy atom. The van der Waals surface area contributed by atoms with Gasteiger partial charge in [-0.15, -0.1) is 0 Å². The maximum absolute atomic E-state index is 13.3. The van der Waals surface area contributed by atoms with Gasteiger partial charge in [0.25, 0.3) is 0 Å². The Morgan fingerprint density at radius 2 is 2.00 bits per heavy atom. The fourth-order valence-corrected chi connectivity index (χ4v) is 3.84. The zero-order valence-electron chi connectivity index (χ0n) is 15.0. The second kappa shape index (κ2) is 5.87. The zero-order chi connectivity index (χ0) is 18.5. The van der Waals surface area contributed by atoms with E-state index in [1.165, 1.54) is 0 Å². The molecule has 0 spiro atoms. The molecular weight excluding hydrogens is 332 g/mol. The normalized spacial score (nSPS) is 23.0. The van der Waals surface area contributed by atoms with Crippen LogP contribution in [0.5, 0.6) is 11.5 Å². The van der Waals surface area contributed by atoms with E-state index in [-0.39, 0.29) is 12.4 Å². The second-order valence-electron chi connectivity index (χ2n) is 6.90. The lowest BCUT2D eigenvalue weighted by Gasteiger charge is -2.22. The van der Waals surface area contributed by atoms with Gasteiger partial charge in [0.1, 0.15) is 0 Å². The summed E-state index contributed by atoms with van der Waals surface area (Å²) in [6.45, 7) is 5.82. The van der Waals surface area contributed by atoms with Crippen molar-refractivity contribution >= 4 is 11.8 Å². The van der Waals surface area contributed by atoms with E-state index in [1.54, 1.807) is 13.0 Å². The van der Waals surface area contributed by atoms with Crippen molar-refractivity contribution in [1.29, 1.82) is 0 Å². The van der Waals surface area contributed by atoms with Crippen molar-refractivity contribution in [3.05, 3.63) is 58.7 Å². The van der Waals surface area contributed by atoms with Crippen LogP contribution < -0.4 is 9.47 Å². The maximum atomic E-state index is 13.3. The number of aryl methyl sites for hydroxylation is 1. The van der Waals surface area contributed by atoms with Gasteiger partial charge in [0.2, 0.25) is 0 Å². The molecule has 2 atom stereocenters. The number of esters is 1. The van der Waals surface area contributed by atoms with Gasteiger partial charge in [0.15, 0.2) is 17.3 Å². The van der Waals surface area contributed by atoms with Gasteiger partial charge in [-0.3, -0.25) is 4.79 Å². The van der Waals surface area contributed by atoms with Gasteiger partial charge in [-0.2, -0.15) is 0 Å². The molecule has 0 radical (unpaired) electrons. The first kappa shape index (κ1) is 16.6. The van der Waals surface area contributed by atoms with Crippen LogP contribution in [0.4, 0.5) is 0 Å². The van der Waals surface area contributed by atoms with Gasteiger partial charge in [-0.25, -0.2) is 4.79 Å². The van der Waals surface area contributed by atoms with Crippen molar-refractivity contribution in [2.75, 3.05) is 6.61 Å². The molecule has 134 valence electrons. The Hall–Kier alpha value is -2.82. The number of Topliss-reactive ketones (excluding diaryl/α,β-unsaturated/α-hetero) is 1. The lowest BCUT2D eigenvalue weighted by atomic mass is 9.79. The zero-order valence-corrected chi connectivity index (χ0v) is 15.0. The van der Waals surface area contributed by atoms with Gasteiger partial charge in [-0.1, -0.05) is 30.3 Å². The van der Waals surface area contributed by atoms with Crippen LogP contribution in [-0.4, -0.2) is 24.6 Å². The van der Waals surface area contributed by atoms with Crippen molar-refractivity contribution in [1.82, 2.24) is 0 Å². The van der Waals surface area contributed by atoms with E-state index in [9.17, 15) is 9.59 Å². The standard InChI is InChI=1S/C21H20O5/c1-4-24-19(23)20-25-15-10-12(2)16-14(17(15)26-20)11-21(3,18(16)22)13-8-6-5-7-9-13/h5-10,20H,4,11H2,1-3H3. The van der Waals surface area contributed by atoms with Crippen LogP contribution in [0.25, 0.3) is 0 Å². The molecule has 5 nitrogen and oxygen atoms in total. The third-order valence-electron chi connectivity index (χ3n) is 5.15. The minimum absolute atomic E-state index is 0.0715. The first-order chi connectivity index (χ1) is 12.5. The fraction of sp³-hybridized carbons (Fsp3) is 0.333. The average Bonchev–Trinajstić information content (AvgIpc) is 3.17. The second-order valence-corrected chi connectivity index (χ2v) is 6.90. The number of benzene rings is 2. The fourth-order valence-electron chi connectivity index (χ4n) is 3.84. The summed E-state index contributed by atoms with van der Waals surface area (Å²) in [7, 11) is 0. The highest BCUT2D eigenvalue weighted by molar-refractivity contribution is 6.10. The number of fused-ring (bicyclic) bond motifs is 3. The number of hydrogen-bond acceptors (Lipinski definition) is 5. The Kier molecular flexibility index (Phi) is 3.75. The third-order valence-corrected chi connectivity index (χ3v) is 5.15. The minimum atomic E-state index is -1.12. The van der Waals surface area contributed by atoms with E-state index in [4.69, 9.17) is 14.2 Å². The first-order valence-electron chi connectivity index (χ1n) is 8.72. The SMILES string of the molecule is CCOC(=O)C1Oc2cc(C)c3c(c2O1)CC(C)(c1ccccc1)C3=O. The molecule has 4 rings (SSSR count). The Labute approximate surface area is 151 Å². The van der Waals surface area contributed by atoms with Crippen LogP contribution in [0.1, 0.15) is 40.9 Å². The van der Waals surface area contributed by atoms with Crippen LogP contribution in [0, 0.1) is 6.92 Å². The quantitative estimate of drug-likeness (QED) is 0.793. The Balaban J connectivity index is 1.76. The van der Waals surface area contributed by atoms with E-state index >= 15 is 0 Å². The molecule has 26 heavy (non-hydrogen) atoms. The molecule has 0 aromatic heterocycles. The van der Waals surface area contributed by atoms with Crippen molar-refractivity contribution in [2.24, 2.45) is 0 Å². The van der Waals surface area contributed by atoms with E-state index in [1.807, 2.05) is 44.2 Å². The van der Waals surface area contributed by atoms with Gasteiger partial charge in [0, 0.05) is 11.1 Å². The summed E-state index contributed by atoms with van der Waals surface area (Å²) in [6, 6.07) is 11.5. The molecule has 2 aromatic rings. The summed E-state index contributed by atoms with van der Waals surface area (Å²) in [5, 5.41) is 0. The van der Waals surface area contributed by atoms with Gasteiger partial charge in [0.05, 0.1) is 12.0 Å². The highest BCUT2D eigenvalue weighted by atomic mass is 16.7. The van der Waals surface area contributed by atoms with Crippen molar-refractivity contribution in [2.45, 2.75) is 38.9 Å². The lowest BCUT2D eigenvalue weighted by Crippen LogP contribution is -2.31. The molecule has 5 heteroatoms. The van der Waals surface area contributed by atoms with Crippen molar-refractivity contribution in [3.63, 3.8) is 0 Å². The number of ether oxygens (including phenoxy) is 3. The van der Waals surface area contributed by atoms with Gasteiger partial charge >= 0.3 is 12.3 Å². The van der Waals surface area contributed by atoms with Crippen LogP contribution in [-0.2, 0) is 21.4 Å². The number of carbonyl (C=O) groups excluding carboxylic acids is 2. The molecule has 1 aliphatic heterocycles. The largest absolute Gasteiger partial charge is 0.460 e. The molecule has 0 bridgehead atoms. The monoisotopic (exact) mass is 352 g/mol. The topological polar surface area (TPSA) is 61.8 Å². The number of ketones is 1. The molecular formula is C21H20O5. The molecule has 1 heterocycles. The highest BCUT2D eigenvalue weighted by Crippen LogP contribution is 2.50. The van der Waals surface area contributed by atoms with E-state index in [0.717, 1.165) is 16.7 Å². The summed E-state index contributed by atoms with van der Waals surface area (Å²) >= 11 is 0. The summed E-state index contributed by atoms with van der Waals surface area (Å²) < 4.78 is 16.4. The van der Waals surface area contributed by atoms with Crippen LogP contribution >= 0.6 is 0 Å². The van der Waals surface area contributed by atoms with E-state index in [0.29, 0.717) is 23.5 Å². The number of rotatable bonds is 3. The van der Waals surface area contributed by atoms with Crippen LogP contribution in [0.2, 0.25) is 0 Å². The van der Waals surface area contributed by atoms with Crippen LogP contribution in [0.15, 0.2) is 36.4 Å². The van der Waals surface area contributed by atoms with Crippen LogP contribution in [0.3, 0.4) is 0 Å². The summed E-state index contributed by atoms with van der Waals surface area (Å²) in [4.78, 5) is 25.2. The third kappa shape index (κ3) is 2.30. The summed E-state index contributed by atoms with van der Waals surface area (Å²) in [6.07, 6.45) is -0.608. The Morgan fingerprint density at radius 3 is 2.69 bits per heavy atom. The minimum Gasteiger partial charge on any atom is -0.460 e. The van der Waals surface area contributed by atoms with Crippen molar-refractivity contribution < 1.29 is 23.8 Å². The molecule has 0 saturated heterocycles.